The number of nitrogens with zero attached hydrogens (tertiary/aromatic N) is 4. The van der Waals surface area contributed by atoms with Crippen molar-refractivity contribution < 1.29 is 27.9 Å². The Labute approximate surface area is 224 Å². The normalized spacial score (nSPS) is 19.2. The smallest absolute Gasteiger partial charge is 0.368 e. The standard InChI is InChI=1S/C26H31ClF3N5O3/c1-31-23(36)20-4-5-21(33-22(20)27)34-11-6-17(7-12-34)15-18-8-13-35(14-9-18)24(37)25(38,26(28,29)30)19-3-2-10-32-16-19/h2-5,10,16-18,38H,6-9,11-15H2,1H3,(H,31,36). The molecular weight excluding hydrogens is 523 g/mol. The summed E-state index contributed by atoms with van der Waals surface area (Å²) in [5.74, 6) is -0.160. The molecule has 2 aromatic rings. The van der Waals surface area contributed by atoms with E-state index in [1.807, 2.05) is 0 Å². The molecule has 4 heterocycles. The lowest BCUT2D eigenvalue weighted by atomic mass is 9.82. The molecule has 12 heteroatoms. The van der Waals surface area contributed by atoms with E-state index in [0.717, 1.165) is 55.3 Å². The van der Waals surface area contributed by atoms with Crippen LogP contribution in [0.15, 0.2) is 36.7 Å². The van der Waals surface area contributed by atoms with Crippen LogP contribution in [-0.4, -0.2) is 71.2 Å². The number of amides is 2. The maximum atomic E-state index is 13.9. The van der Waals surface area contributed by atoms with Gasteiger partial charge in [-0.25, -0.2) is 4.98 Å². The van der Waals surface area contributed by atoms with E-state index in [0.29, 0.717) is 30.2 Å². The van der Waals surface area contributed by atoms with Gasteiger partial charge in [0, 0.05) is 51.2 Å². The summed E-state index contributed by atoms with van der Waals surface area (Å²) in [6.45, 7) is 1.91. The lowest BCUT2D eigenvalue weighted by Crippen LogP contribution is -2.57. The van der Waals surface area contributed by atoms with Crippen LogP contribution < -0.4 is 10.2 Å². The lowest BCUT2D eigenvalue weighted by molar-refractivity contribution is -0.262. The molecule has 0 radical (unpaired) electrons. The van der Waals surface area contributed by atoms with Crippen molar-refractivity contribution in [2.24, 2.45) is 11.8 Å². The van der Waals surface area contributed by atoms with Gasteiger partial charge in [0.15, 0.2) is 0 Å². The highest BCUT2D eigenvalue weighted by Gasteiger charge is 2.62. The minimum Gasteiger partial charge on any atom is -0.368 e. The first-order valence-corrected chi connectivity index (χ1v) is 13.0. The molecule has 206 valence electrons. The third-order valence-corrected chi connectivity index (χ3v) is 7.90. The highest BCUT2D eigenvalue weighted by Crippen LogP contribution is 2.41. The summed E-state index contributed by atoms with van der Waals surface area (Å²) < 4.78 is 41.6. The van der Waals surface area contributed by atoms with Crippen molar-refractivity contribution in [2.75, 3.05) is 38.1 Å². The maximum Gasteiger partial charge on any atom is 0.430 e. The fourth-order valence-corrected chi connectivity index (χ4v) is 5.60. The summed E-state index contributed by atoms with van der Waals surface area (Å²) in [5, 5.41) is 13.3. The molecule has 0 aromatic carbocycles. The van der Waals surface area contributed by atoms with E-state index in [2.05, 4.69) is 20.2 Å². The zero-order chi connectivity index (χ0) is 27.5. The predicted octanol–water partition coefficient (Wildman–Crippen LogP) is 3.78. The zero-order valence-electron chi connectivity index (χ0n) is 21.0. The van der Waals surface area contributed by atoms with Crippen molar-refractivity contribution in [1.82, 2.24) is 20.2 Å². The number of anilines is 1. The van der Waals surface area contributed by atoms with Gasteiger partial charge in [0.05, 0.1) is 5.56 Å². The number of carbonyl (C=O) groups is 2. The average Bonchev–Trinajstić information content (AvgIpc) is 2.92. The molecule has 1 atom stereocenters. The molecule has 2 fully saturated rings. The number of aliphatic hydroxyl groups is 1. The first-order chi connectivity index (χ1) is 18.0. The number of hydrogen-bond donors (Lipinski definition) is 2. The number of alkyl halides is 3. The molecule has 0 bridgehead atoms. The Hall–Kier alpha value is -2.92. The predicted molar refractivity (Wildman–Crippen MR) is 136 cm³/mol. The van der Waals surface area contributed by atoms with E-state index in [4.69, 9.17) is 11.6 Å². The summed E-state index contributed by atoms with van der Waals surface area (Å²) in [4.78, 5) is 36.0. The molecule has 0 aliphatic carbocycles. The van der Waals surface area contributed by atoms with Crippen molar-refractivity contribution in [3.63, 3.8) is 0 Å². The van der Waals surface area contributed by atoms with E-state index in [1.165, 1.54) is 19.3 Å². The first kappa shape index (κ1) is 28.1. The fraction of sp³-hybridized carbons (Fsp3) is 0.538. The minimum absolute atomic E-state index is 0.159. The van der Waals surface area contributed by atoms with Gasteiger partial charge in [-0.3, -0.25) is 14.6 Å². The van der Waals surface area contributed by atoms with Crippen molar-refractivity contribution in [3.05, 3.63) is 52.9 Å². The van der Waals surface area contributed by atoms with Gasteiger partial charge < -0.3 is 20.2 Å². The van der Waals surface area contributed by atoms with Crippen molar-refractivity contribution in [3.8, 4) is 0 Å². The molecule has 2 aromatic heterocycles. The number of aromatic nitrogens is 2. The van der Waals surface area contributed by atoms with E-state index >= 15 is 0 Å². The van der Waals surface area contributed by atoms with E-state index < -0.39 is 23.2 Å². The second kappa shape index (κ2) is 11.4. The molecule has 0 spiro atoms. The number of likely N-dealkylation sites (tertiary alicyclic amines) is 1. The molecule has 38 heavy (non-hydrogen) atoms. The molecular formula is C26H31ClF3N5O3. The number of rotatable bonds is 6. The van der Waals surface area contributed by atoms with E-state index in [1.54, 1.807) is 12.1 Å². The quantitative estimate of drug-likeness (QED) is 0.528. The van der Waals surface area contributed by atoms with Gasteiger partial charge >= 0.3 is 6.18 Å². The Kier molecular flexibility index (Phi) is 8.46. The Morgan fingerprint density at radius 1 is 1.08 bits per heavy atom. The summed E-state index contributed by atoms with van der Waals surface area (Å²) in [6, 6.07) is 5.79. The molecule has 8 nitrogen and oxygen atoms in total. The zero-order valence-corrected chi connectivity index (χ0v) is 21.8. The number of pyridine rings is 2. The van der Waals surface area contributed by atoms with Crippen LogP contribution in [0, 0.1) is 11.8 Å². The van der Waals surface area contributed by atoms with Crippen LogP contribution >= 0.6 is 11.6 Å². The van der Waals surface area contributed by atoms with E-state index in [-0.39, 0.29) is 24.1 Å². The largest absolute Gasteiger partial charge is 0.430 e. The number of halogens is 4. The molecule has 0 saturated carbocycles. The van der Waals surface area contributed by atoms with Crippen LogP contribution in [0.1, 0.15) is 48.0 Å². The van der Waals surface area contributed by atoms with Crippen molar-refractivity contribution >= 4 is 29.2 Å². The van der Waals surface area contributed by atoms with E-state index in [9.17, 15) is 27.9 Å². The molecule has 2 N–H and O–H groups in total. The lowest BCUT2D eigenvalue weighted by Gasteiger charge is -2.40. The first-order valence-electron chi connectivity index (χ1n) is 12.7. The summed E-state index contributed by atoms with van der Waals surface area (Å²) in [6.07, 6.45) is 0.982. The van der Waals surface area contributed by atoms with Gasteiger partial charge in [-0.1, -0.05) is 17.7 Å². The number of carbonyl (C=O) groups excluding carboxylic acids is 2. The highest BCUT2D eigenvalue weighted by molar-refractivity contribution is 6.32. The highest BCUT2D eigenvalue weighted by atomic mass is 35.5. The van der Waals surface area contributed by atoms with Crippen LogP contribution in [0.4, 0.5) is 19.0 Å². The Morgan fingerprint density at radius 3 is 2.24 bits per heavy atom. The second-order valence-electron chi connectivity index (χ2n) is 9.94. The van der Waals surface area contributed by atoms with Crippen LogP contribution in [0.3, 0.4) is 0 Å². The van der Waals surface area contributed by atoms with Gasteiger partial charge in [0.2, 0.25) is 0 Å². The molecule has 4 rings (SSSR count). The Morgan fingerprint density at radius 2 is 1.71 bits per heavy atom. The number of nitrogens with one attached hydrogen (secondary N) is 1. The third-order valence-electron chi connectivity index (χ3n) is 7.61. The molecule has 2 aliphatic rings. The topological polar surface area (TPSA) is 98.7 Å². The van der Waals surface area contributed by atoms with Gasteiger partial charge in [-0.2, -0.15) is 13.2 Å². The molecule has 1 unspecified atom stereocenters. The summed E-state index contributed by atoms with van der Waals surface area (Å²) in [5.41, 5.74) is -3.87. The summed E-state index contributed by atoms with van der Waals surface area (Å²) >= 11 is 6.19. The monoisotopic (exact) mass is 553 g/mol. The van der Waals surface area contributed by atoms with Gasteiger partial charge in [-0.05, 0) is 62.1 Å². The second-order valence-corrected chi connectivity index (χ2v) is 10.3. The van der Waals surface area contributed by atoms with Gasteiger partial charge in [0.25, 0.3) is 17.4 Å². The number of piperidine rings is 2. The van der Waals surface area contributed by atoms with Crippen LogP contribution in [0.2, 0.25) is 5.15 Å². The molecule has 2 saturated heterocycles. The van der Waals surface area contributed by atoms with Crippen LogP contribution in [-0.2, 0) is 10.4 Å². The molecule has 2 amide bonds. The van der Waals surface area contributed by atoms with Crippen LogP contribution in [0.5, 0.6) is 0 Å². The third kappa shape index (κ3) is 5.73. The van der Waals surface area contributed by atoms with Crippen LogP contribution in [0.25, 0.3) is 0 Å². The fourth-order valence-electron chi connectivity index (χ4n) is 5.36. The average molecular weight is 554 g/mol. The van der Waals surface area contributed by atoms with Gasteiger partial charge in [-0.15, -0.1) is 0 Å². The maximum absolute atomic E-state index is 13.9. The Bertz CT molecular complexity index is 1140. The molecule has 2 aliphatic heterocycles. The Balaban J connectivity index is 1.29. The van der Waals surface area contributed by atoms with Crippen molar-refractivity contribution in [2.45, 2.75) is 43.9 Å². The van der Waals surface area contributed by atoms with Crippen molar-refractivity contribution in [1.29, 1.82) is 0 Å². The minimum atomic E-state index is -5.17. The van der Waals surface area contributed by atoms with Gasteiger partial charge in [0.1, 0.15) is 11.0 Å². The number of hydrogen-bond acceptors (Lipinski definition) is 6. The summed E-state index contributed by atoms with van der Waals surface area (Å²) in [7, 11) is 1.53. The SMILES string of the molecule is CNC(=O)c1ccc(N2CCC(CC3CCN(C(=O)C(O)(c4cccnc4)C(F)(F)F)CC3)CC2)nc1Cl.